The number of benzene rings is 2. The number of nitrogen functional groups attached to an aromatic ring is 1. The third kappa shape index (κ3) is 5.64. The van der Waals surface area contributed by atoms with Crippen LogP contribution in [0.1, 0.15) is 51.4 Å². The summed E-state index contributed by atoms with van der Waals surface area (Å²) in [5, 5.41) is 16.1. The molecule has 1 aliphatic carbocycles. The molecule has 42 heavy (non-hydrogen) atoms. The highest BCUT2D eigenvalue weighted by atomic mass is 32.1. The Kier molecular flexibility index (Phi) is 7.74. The molecular weight excluding hydrogens is 548 g/mol. The van der Waals surface area contributed by atoms with Gasteiger partial charge in [-0.15, -0.1) is 11.3 Å². The molecule has 2 aromatic heterocycles. The second-order valence-corrected chi connectivity index (χ2v) is 12.3. The molecule has 3 heterocycles. The van der Waals surface area contributed by atoms with E-state index in [1.807, 2.05) is 43.3 Å². The Labute approximate surface area is 249 Å². The van der Waals surface area contributed by atoms with Crippen LogP contribution in [0.15, 0.2) is 53.5 Å². The monoisotopic (exact) mass is 584 g/mol. The van der Waals surface area contributed by atoms with Crippen molar-refractivity contribution < 1.29 is 9.90 Å². The quantitative estimate of drug-likeness (QED) is 0.229. The van der Waals surface area contributed by atoms with Crippen molar-refractivity contribution in [3.63, 3.8) is 0 Å². The van der Waals surface area contributed by atoms with Gasteiger partial charge in [0.25, 0.3) is 11.5 Å². The standard InChI is InChI=1S/C32H36N6O3S/c1-19-23(7-5-8-25(19)36-31(40)29-16-20-6-3-4-9-28(20)42-29)26-18-37(2)32(41)30(35-26)34-21-10-11-27(24(33)17-21)38-14-12-22(39)13-15-38/h5,7-8,10-11,16-18,22,39H,3-4,6,9,12-15,33H2,1-2H3,(H,34,35)(H,36,40). The number of carbonyl (C=O) groups excluding carboxylic acids is 1. The molecule has 0 bridgehead atoms. The second-order valence-electron chi connectivity index (χ2n) is 11.2. The lowest BCUT2D eigenvalue weighted by atomic mass is 9.99. The molecule has 0 saturated carbocycles. The molecule has 0 atom stereocenters. The highest BCUT2D eigenvalue weighted by Gasteiger charge is 2.21. The van der Waals surface area contributed by atoms with Crippen molar-refractivity contribution >= 4 is 45.8 Å². The number of aryl methyl sites for hydroxylation is 3. The number of piperidine rings is 1. The van der Waals surface area contributed by atoms with Crippen LogP contribution >= 0.6 is 11.3 Å². The van der Waals surface area contributed by atoms with Crippen molar-refractivity contribution in [2.45, 2.75) is 51.6 Å². The maximum atomic E-state index is 13.2. The number of thiophene rings is 1. The number of nitrogens with zero attached hydrogens (tertiary/aromatic N) is 3. The van der Waals surface area contributed by atoms with E-state index >= 15 is 0 Å². The predicted octanol–water partition coefficient (Wildman–Crippen LogP) is 5.24. The van der Waals surface area contributed by atoms with Gasteiger partial charge in [-0.1, -0.05) is 12.1 Å². The van der Waals surface area contributed by atoms with Gasteiger partial charge >= 0.3 is 0 Å². The van der Waals surface area contributed by atoms with Gasteiger partial charge < -0.3 is 30.9 Å². The van der Waals surface area contributed by atoms with E-state index in [1.54, 1.807) is 30.6 Å². The van der Waals surface area contributed by atoms with E-state index in [4.69, 9.17) is 10.7 Å². The van der Waals surface area contributed by atoms with Crippen molar-refractivity contribution in [2.75, 3.05) is 34.4 Å². The summed E-state index contributed by atoms with van der Waals surface area (Å²) in [4.78, 5) is 35.1. The summed E-state index contributed by atoms with van der Waals surface area (Å²) in [5.74, 6) is 0.0773. The highest BCUT2D eigenvalue weighted by Crippen LogP contribution is 2.33. The minimum absolute atomic E-state index is 0.104. The Bertz CT molecular complexity index is 1680. The van der Waals surface area contributed by atoms with E-state index in [2.05, 4.69) is 15.5 Å². The molecule has 9 nitrogen and oxygen atoms in total. The first-order valence-corrected chi connectivity index (χ1v) is 15.3. The summed E-state index contributed by atoms with van der Waals surface area (Å²) >= 11 is 1.59. The minimum atomic E-state index is -0.268. The first-order valence-electron chi connectivity index (χ1n) is 14.5. The van der Waals surface area contributed by atoms with Crippen LogP contribution in [-0.2, 0) is 19.9 Å². The molecule has 10 heteroatoms. The van der Waals surface area contributed by atoms with E-state index in [0.29, 0.717) is 35.6 Å². The lowest BCUT2D eigenvalue weighted by molar-refractivity contribution is 0.103. The van der Waals surface area contributed by atoms with E-state index in [0.717, 1.165) is 47.6 Å². The lowest BCUT2D eigenvalue weighted by Gasteiger charge is -2.32. The van der Waals surface area contributed by atoms with E-state index in [-0.39, 0.29) is 23.4 Å². The number of aromatic nitrogens is 2. The number of amides is 1. The summed E-state index contributed by atoms with van der Waals surface area (Å²) in [5.41, 5.74) is 12.6. The Balaban J connectivity index is 1.24. The van der Waals surface area contributed by atoms with Crippen molar-refractivity contribution in [1.82, 2.24) is 9.55 Å². The molecule has 0 radical (unpaired) electrons. The summed E-state index contributed by atoms with van der Waals surface area (Å²) in [7, 11) is 1.69. The smallest absolute Gasteiger partial charge is 0.293 e. The molecule has 1 amide bonds. The zero-order valence-electron chi connectivity index (χ0n) is 23.9. The molecular formula is C32H36N6O3S. The second kappa shape index (κ2) is 11.6. The summed E-state index contributed by atoms with van der Waals surface area (Å²) in [6.45, 7) is 3.44. The zero-order valence-corrected chi connectivity index (χ0v) is 24.8. The highest BCUT2D eigenvalue weighted by molar-refractivity contribution is 7.14. The summed E-state index contributed by atoms with van der Waals surface area (Å²) in [6, 6.07) is 13.4. The Morgan fingerprint density at radius 2 is 1.90 bits per heavy atom. The molecule has 6 rings (SSSR count). The molecule has 4 aromatic rings. The fourth-order valence-corrected chi connectivity index (χ4v) is 6.97. The van der Waals surface area contributed by atoms with Crippen LogP contribution in [0.5, 0.6) is 0 Å². The first kappa shape index (κ1) is 28.0. The lowest BCUT2D eigenvalue weighted by Crippen LogP contribution is -2.36. The fraction of sp³-hybridized carbons (Fsp3) is 0.344. The van der Waals surface area contributed by atoms with E-state index in [9.17, 15) is 14.7 Å². The van der Waals surface area contributed by atoms with Crippen molar-refractivity contribution in [3.8, 4) is 11.3 Å². The number of aliphatic hydroxyl groups is 1. The largest absolute Gasteiger partial charge is 0.397 e. The molecule has 0 unspecified atom stereocenters. The third-order valence-electron chi connectivity index (χ3n) is 8.24. The zero-order chi connectivity index (χ0) is 29.4. The first-order chi connectivity index (χ1) is 20.3. The number of fused-ring (bicyclic) bond motifs is 1. The molecule has 1 fully saturated rings. The van der Waals surface area contributed by atoms with Gasteiger partial charge in [0, 0.05) is 48.1 Å². The molecule has 1 saturated heterocycles. The van der Waals surface area contributed by atoms with Gasteiger partial charge in [0.1, 0.15) is 0 Å². The van der Waals surface area contributed by atoms with Crippen LogP contribution in [-0.4, -0.2) is 39.8 Å². The Morgan fingerprint density at radius 3 is 2.67 bits per heavy atom. The minimum Gasteiger partial charge on any atom is -0.397 e. The molecule has 2 aromatic carbocycles. The van der Waals surface area contributed by atoms with Crippen LogP contribution in [0.4, 0.5) is 28.6 Å². The van der Waals surface area contributed by atoms with Crippen LogP contribution < -0.4 is 26.8 Å². The average Bonchev–Trinajstić information content (AvgIpc) is 3.42. The number of nitrogens with one attached hydrogen (secondary N) is 2. The average molecular weight is 585 g/mol. The topological polar surface area (TPSA) is 126 Å². The van der Waals surface area contributed by atoms with E-state index < -0.39 is 0 Å². The number of anilines is 5. The van der Waals surface area contributed by atoms with Gasteiger partial charge in [-0.25, -0.2) is 4.98 Å². The maximum Gasteiger partial charge on any atom is 0.293 e. The van der Waals surface area contributed by atoms with Crippen LogP contribution in [0.2, 0.25) is 0 Å². The number of carbonyl (C=O) groups is 1. The summed E-state index contributed by atoms with van der Waals surface area (Å²) in [6.07, 6.45) is 7.33. The number of rotatable bonds is 6. The van der Waals surface area contributed by atoms with Crippen LogP contribution in [0, 0.1) is 6.92 Å². The van der Waals surface area contributed by atoms with Gasteiger partial charge in [0.15, 0.2) is 5.82 Å². The maximum absolute atomic E-state index is 13.2. The van der Waals surface area contributed by atoms with Crippen molar-refractivity contribution in [3.05, 3.63) is 79.9 Å². The van der Waals surface area contributed by atoms with Crippen molar-refractivity contribution in [1.29, 1.82) is 0 Å². The van der Waals surface area contributed by atoms with Crippen LogP contribution in [0.3, 0.4) is 0 Å². The molecule has 218 valence electrons. The van der Waals surface area contributed by atoms with Gasteiger partial charge in [0.05, 0.1) is 28.0 Å². The third-order valence-corrected chi connectivity index (χ3v) is 9.48. The molecule has 2 aliphatic rings. The fourth-order valence-electron chi connectivity index (χ4n) is 5.82. The molecule has 5 N–H and O–H groups in total. The van der Waals surface area contributed by atoms with Crippen molar-refractivity contribution in [2.24, 2.45) is 7.05 Å². The number of hydrogen-bond donors (Lipinski definition) is 4. The number of aliphatic hydroxyl groups excluding tert-OH is 1. The normalized spacial score (nSPS) is 15.4. The van der Waals surface area contributed by atoms with Gasteiger partial charge in [-0.3, -0.25) is 9.59 Å². The SMILES string of the molecule is Cc1c(NC(=O)c2cc3c(s2)CCCC3)cccc1-c1cn(C)c(=O)c(Nc2ccc(N3CCC(O)CC3)c(N)c2)n1. The van der Waals surface area contributed by atoms with Gasteiger partial charge in [-0.2, -0.15) is 0 Å². The molecule has 1 aliphatic heterocycles. The van der Waals surface area contributed by atoms with Crippen LogP contribution in [0.25, 0.3) is 11.3 Å². The Morgan fingerprint density at radius 1 is 1.12 bits per heavy atom. The summed E-state index contributed by atoms with van der Waals surface area (Å²) < 4.78 is 1.50. The number of nitrogens with two attached hydrogens (primary N) is 1. The van der Waals surface area contributed by atoms with Gasteiger partial charge in [0.2, 0.25) is 0 Å². The predicted molar refractivity (Wildman–Crippen MR) is 170 cm³/mol. The molecule has 0 spiro atoms. The van der Waals surface area contributed by atoms with Gasteiger partial charge in [-0.05, 0) is 86.9 Å². The Hall–Kier alpha value is -4.15. The van der Waals surface area contributed by atoms with E-state index in [1.165, 1.54) is 27.8 Å². The number of hydrogen-bond acceptors (Lipinski definition) is 8.